The summed E-state index contributed by atoms with van der Waals surface area (Å²) >= 11 is 0. The molecular weight excluding hydrogens is 214 g/mol. The lowest BCUT2D eigenvalue weighted by Crippen LogP contribution is -2.59. The molecule has 92 valence electrons. The minimum Gasteiger partial charge on any atom is -0.399 e. The van der Waals surface area contributed by atoms with Crippen LogP contribution in [0.4, 0.5) is 5.69 Å². The summed E-state index contributed by atoms with van der Waals surface area (Å²) in [6.45, 7) is 3.55. The van der Waals surface area contributed by atoms with Crippen LogP contribution in [0.2, 0.25) is 0 Å². The molecule has 4 heteroatoms. The van der Waals surface area contributed by atoms with E-state index in [2.05, 4.69) is 4.90 Å². The summed E-state index contributed by atoms with van der Waals surface area (Å²) in [5.41, 5.74) is 8.16. The van der Waals surface area contributed by atoms with Gasteiger partial charge in [0.05, 0.1) is 0 Å². The molecule has 1 saturated heterocycles. The van der Waals surface area contributed by atoms with E-state index in [0.717, 1.165) is 29.9 Å². The molecule has 1 heterocycles. The molecular formula is C13H19N3O. The quantitative estimate of drug-likeness (QED) is 0.774. The van der Waals surface area contributed by atoms with E-state index >= 15 is 0 Å². The smallest absolute Gasteiger partial charge is 0.253 e. The monoisotopic (exact) mass is 233 g/mol. The molecule has 2 N–H and O–H groups in total. The first kappa shape index (κ1) is 11.9. The van der Waals surface area contributed by atoms with E-state index in [4.69, 9.17) is 5.73 Å². The van der Waals surface area contributed by atoms with Crippen LogP contribution in [-0.2, 0) is 0 Å². The Morgan fingerprint density at radius 1 is 1.41 bits per heavy atom. The molecule has 1 fully saturated rings. The Labute approximate surface area is 102 Å². The topological polar surface area (TPSA) is 49.6 Å². The Morgan fingerprint density at radius 2 is 2.06 bits per heavy atom. The lowest BCUT2D eigenvalue weighted by molar-refractivity contribution is 0.0399. The highest BCUT2D eigenvalue weighted by Gasteiger charge is 2.32. The van der Waals surface area contributed by atoms with Crippen molar-refractivity contribution < 1.29 is 4.79 Å². The van der Waals surface area contributed by atoms with Gasteiger partial charge in [0.1, 0.15) is 0 Å². The van der Waals surface area contributed by atoms with Crippen molar-refractivity contribution in [2.75, 3.05) is 32.9 Å². The molecule has 0 saturated carbocycles. The Kier molecular flexibility index (Phi) is 3.07. The number of amides is 1. The average Bonchev–Trinajstić information content (AvgIpc) is 2.19. The summed E-state index contributed by atoms with van der Waals surface area (Å²) in [7, 11) is 4.08. The zero-order valence-electron chi connectivity index (χ0n) is 10.6. The summed E-state index contributed by atoms with van der Waals surface area (Å²) < 4.78 is 0. The SMILES string of the molecule is Cc1cc(C(=O)N2CC(N(C)C)C2)ccc1N. The van der Waals surface area contributed by atoms with E-state index in [-0.39, 0.29) is 5.91 Å². The Hall–Kier alpha value is -1.55. The molecule has 1 aliphatic rings. The number of nitrogens with zero attached hydrogens (tertiary/aromatic N) is 2. The zero-order chi connectivity index (χ0) is 12.6. The van der Waals surface area contributed by atoms with Crippen LogP contribution in [-0.4, -0.2) is 48.9 Å². The van der Waals surface area contributed by atoms with Crippen LogP contribution < -0.4 is 5.73 Å². The molecule has 2 rings (SSSR count). The summed E-state index contributed by atoms with van der Waals surface area (Å²) in [4.78, 5) is 16.1. The molecule has 0 aromatic heterocycles. The molecule has 0 spiro atoms. The Bertz CT molecular complexity index is 436. The van der Waals surface area contributed by atoms with Crippen LogP contribution in [0.15, 0.2) is 18.2 Å². The van der Waals surface area contributed by atoms with Crippen molar-refractivity contribution in [1.29, 1.82) is 0 Å². The number of nitrogens with two attached hydrogens (primary N) is 1. The predicted octanol–water partition coefficient (Wildman–Crippen LogP) is 0.963. The van der Waals surface area contributed by atoms with Gasteiger partial charge in [0.2, 0.25) is 0 Å². The van der Waals surface area contributed by atoms with E-state index in [1.807, 2.05) is 32.0 Å². The molecule has 1 aromatic rings. The zero-order valence-corrected chi connectivity index (χ0v) is 10.6. The fraction of sp³-hybridized carbons (Fsp3) is 0.462. The fourth-order valence-corrected chi connectivity index (χ4v) is 1.94. The van der Waals surface area contributed by atoms with E-state index in [1.165, 1.54) is 0 Å². The first-order valence-corrected chi connectivity index (χ1v) is 5.81. The van der Waals surface area contributed by atoms with Gasteiger partial charge < -0.3 is 15.5 Å². The number of benzene rings is 1. The van der Waals surface area contributed by atoms with Gasteiger partial charge >= 0.3 is 0 Å². The molecule has 0 radical (unpaired) electrons. The van der Waals surface area contributed by atoms with Crippen LogP contribution >= 0.6 is 0 Å². The number of hydrogen-bond donors (Lipinski definition) is 1. The van der Waals surface area contributed by atoms with Gasteiger partial charge in [0, 0.05) is 30.4 Å². The second kappa shape index (κ2) is 4.37. The molecule has 0 atom stereocenters. The van der Waals surface area contributed by atoms with E-state index in [9.17, 15) is 4.79 Å². The highest BCUT2D eigenvalue weighted by atomic mass is 16.2. The van der Waals surface area contributed by atoms with Crippen molar-refractivity contribution in [3.63, 3.8) is 0 Å². The summed E-state index contributed by atoms with van der Waals surface area (Å²) in [6.07, 6.45) is 0. The second-order valence-electron chi connectivity index (χ2n) is 4.90. The number of likely N-dealkylation sites (N-methyl/N-ethyl adjacent to an activating group) is 1. The van der Waals surface area contributed by atoms with Gasteiger partial charge in [-0.05, 0) is 44.8 Å². The van der Waals surface area contributed by atoms with Gasteiger partial charge in [-0.3, -0.25) is 4.79 Å². The van der Waals surface area contributed by atoms with Gasteiger partial charge in [-0.2, -0.15) is 0 Å². The molecule has 1 amide bonds. The van der Waals surface area contributed by atoms with E-state index in [0.29, 0.717) is 6.04 Å². The number of carbonyl (C=O) groups is 1. The maximum Gasteiger partial charge on any atom is 0.253 e. The number of rotatable bonds is 2. The number of carbonyl (C=O) groups excluding carboxylic acids is 1. The normalized spacial score (nSPS) is 16.1. The third-order valence-electron chi connectivity index (χ3n) is 3.40. The summed E-state index contributed by atoms with van der Waals surface area (Å²) in [6, 6.07) is 5.95. The largest absolute Gasteiger partial charge is 0.399 e. The number of anilines is 1. The molecule has 1 aromatic carbocycles. The van der Waals surface area contributed by atoms with Crippen LogP contribution in [0.3, 0.4) is 0 Å². The highest BCUT2D eigenvalue weighted by Crippen LogP contribution is 2.19. The molecule has 0 aliphatic carbocycles. The summed E-state index contributed by atoms with van der Waals surface area (Å²) in [5.74, 6) is 0.103. The Balaban J connectivity index is 2.04. The Morgan fingerprint density at radius 3 is 2.59 bits per heavy atom. The molecule has 0 bridgehead atoms. The van der Waals surface area contributed by atoms with Crippen molar-refractivity contribution >= 4 is 11.6 Å². The number of hydrogen-bond acceptors (Lipinski definition) is 3. The van der Waals surface area contributed by atoms with Crippen molar-refractivity contribution in [3.8, 4) is 0 Å². The van der Waals surface area contributed by atoms with Crippen LogP contribution in [0.5, 0.6) is 0 Å². The van der Waals surface area contributed by atoms with Gasteiger partial charge in [0.25, 0.3) is 5.91 Å². The van der Waals surface area contributed by atoms with Crippen molar-refractivity contribution in [1.82, 2.24) is 9.80 Å². The lowest BCUT2D eigenvalue weighted by Gasteiger charge is -2.42. The molecule has 4 nitrogen and oxygen atoms in total. The highest BCUT2D eigenvalue weighted by molar-refractivity contribution is 5.95. The maximum absolute atomic E-state index is 12.1. The first-order chi connectivity index (χ1) is 7.99. The summed E-state index contributed by atoms with van der Waals surface area (Å²) in [5, 5.41) is 0. The van der Waals surface area contributed by atoms with Gasteiger partial charge in [-0.25, -0.2) is 0 Å². The average molecular weight is 233 g/mol. The van der Waals surface area contributed by atoms with Crippen molar-refractivity contribution in [2.24, 2.45) is 0 Å². The fourth-order valence-electron chi connectivity index (χ4n) is 1.94. The van der Waals surface area contributed by atoms with Gasteiger partial charge in [-0.1, -0.05) is 0 Å². The molecule has 1 aliphatic heterocycles. The third kappa shape index (κ3) is 2.26. The molecule has 0 unspecified atom stereocenters. The number of nitrogen functional groups attached to an aromatic ring is 1. The standard InChI is InChI=1S/C13H19N3O/c1-9-6-10(4-5-12(9)14)13(17)16-7-11(8-16)15(2)3/h4-6,11H,7-8,14H2,1-3H3. The molecule has 17 heavy (non-hydrogen) atoms. The maximum atomic E-state index is 12.1. The first-order valence-electron chi connectivity index (χ1n) is 5.81. The lowest BCUT2D eigenvalue weighted by atomic mass is 10.0. The van der Waals surface area contributed by atoms with E-state index in [1.54, 1.807) is 12.1 Å². The number of likely N-dealkylation sites (tertiary alicyclic amines) is 1. The van der Waals surface area contributed by atoms with Gasteiger partial charge in [-0.15, -0.1) is 0 Å². The van der Waals surface area contributed by atoms with Crippen LogP contribution in [0.25, 0.3) is 0 Å². The van der Waals surface area contributed by atoms with Gasteiger partial charge in [0.15, 0.2) is 0 Å². The van der Waals surface area contributed by atoms with Crippen molar-refractivity contribution in [2.45, 2.75) is 13.0 Å². The minimum absolute atomic E-state index is 0.103. The van der Waals surface area contributed by atoms with Crippen LogP contribution in [0, 0.1) is 6.92 Å². The van der Waals surface area contributed by atoms with Crippen molar-refractivity contribution in [3.05, 3.63) is 29.3 Å². The number of aryl methyl sites for hydroxylation is 1. The minimum atomic E-state index is 0.103. The third-order valence-corrected chi connectivity index (χ3v) is 3.40. The van der Waals surface area contributed by atoms with E-state index < -0.39 is 0 Å². The predicted molar refractivity (Wildman–Crippen MR) is 69.0 cm³/mol. The van der Waals surface area contributed by atoms with Crippen LogP contribution in [0.1, 0.15) is 15.9 Å². The second-order valence-corrected chi connectivity index (χ2v) is 4.90.